The van der Waals surface area contributed by atoms with Crippen LogP contribution in [-0.2, 0) is 11.2 Å². The summed E-state index contributed by atoms with van der Waals surface area (Å²) in [4.78, 5) is 16.3. The molecular weight excluding hydrogens is 342 g/mol. The molecule has 0 saturated carbocycles. The normalized spacial score (nSPS) is 10.5. The number of carbonyl (C=O) groups excluding carboxylic acids is 1. The molecule has 0 aliphatic carbocycles. The Hall–Kier alpha value is -2.86. The Kier molecular flexibility index (Phi) is 5.30. The first-order chi connectivity index (χ1) is 12.2. The third kappa shape index (κ3) is 4.36. The zero-order chi connectivity index (χ0) is 17.6. The highest BCUT2D eigenvalue weighted by molar-refractivity contribution is 6.30. The number of methoxy groups -OCH3 is 1. The third-order valence-electron chi connectivity index (χ3n) is 3.51. The lowest BCUT2D eigenvalue weighted by atomic mass is 10.2. The van der Waals surface area contributed by atoms with E-state index in [9.17, 15) is 4.79 Å². The first kappa shape index (κ1) is 17.0. The Morgan fingerprint density at radius 1 is 1.20 bits per heavy atom. The number of halogens is 1. The van der Waals surface area contributed by atoms with Crippen LogP contribution in [0.25, 0.3) is 11.4 Å². The Morgan fingerprint density at radius 2 is 1.96 bits per heavy atom. The van der Waals surface area contributed by atoms with E-state index in [0.29, 0.717) is 34.6 Å². The van der Waals surface area contributed by atoms with Crippen molar-refractivity contribution in [2.75, 3.05) is 12.4 Å². The largest absolute Gasteiger partial charge is 0.496 e. The quantitative estimate of drug-likeness (QED) is 0.722. The first-order valence-corrected chi connectivity index (χ1v) is 8.05. The molecule has 1 amide bonds. The Labute approximate surface area is 149 Å². The topological polar surface area (TPSA) is 77.2 Å². The number of hydrogen-bond acceptors (Lipinski definition) is 5. The molecule has 0 bridgehead atoms. The van der Waals surface area contributed by atoms with Crippen molar-refractivity contribution in [2.24, 2.45) is 0 Å². The summed E-state index contributed by atoms with van der Waals surface area (Å²) in [5, 5.41) is 7.36. The molecule has 1 heterocycles. The van der Waals surface area contributed by atoms with Crippen molar-refractivity contribution < 1.29 is 14.1 Å². The molecule has 7 heteroatoms. The van der Waals surface area contributed by atoms with E-state index in [1.165, 1.54) is 0 Å². The number of amides is 1. The van der Waals surface area contributed by atoms with Crippen LogP contribution in [0, 0.1) is 0 Å². The van der Waals surface area contributed by atoms with Gasteiger partial charge < -0.3 is 14.6 Å². The summed E-state index contributed by atoms with van der Waals surface area (Å²) in [6.07, 6.45) is 0.581. The van der Waals surface area contributed by atoms with Crippen molar-refractivity contribution in [3.63, 3.8) is 0 Å². The lowest BCUT2D eigenvalue weighted by Gasteiger charge is -2.04. The van der Waals surface area contributed by atoms with Gasteiger partial charge in [0.05, 0.1) is 12.7 Å². The van der Waals surface area contributed by atoms with Crippen LogP contribution >= 0.6 is 11.6 Å². The van der Waals surface area contributed by atoms with E-state index in [2.05, 4.69) is 15.5 Å². The number of anilines is 1. The molecule has 0 radical (unpaired) electrons. The molecule has 128 valence electrons. The molecule has 25 heavy (non-hydrogen) atoms. The Balaban J connectivity index is 1.60. The van der Waals surface area contributed by atoms with Crippen molar-refractivity contribution in [2.45, 2.75) is 12.8 Å². The maximum Gasteiger partial charge on any atom is 0.227 e. The fraction of sp³-hybridized carbons (Fsp3) is 0.167. The summed E-state index contributed by atoms with van der Waals surface area (Å²) in [5.74, 6) is 1.35. The van der Waals surface area contributed by atoms with Gasteiger partial charge in [-0.1, -0.05) is 28.9 Å². The summed E-state index contributed by atoms with van der Waals surface area (Å²) in [6, 6.07) is 14.3. The van der Waals surface area contributed by atoms with Crippen LogP contribution in [0.15, 0.2) is 53.1 Å². The lowest BCUT2D eigenvalue weighted by molar-refractivity contribution is -0.116. The standard InChI is InChI=1S/C18H16ClN3O3/c1-24-15-5-3-2-4-14(15)18-21-17(25-22-18)11-10-16(23)20-13-8-6-12(19)7-9-13/h2-9H,10-11H2,1H3,(H,20,23). The molecule has 0 aliphatic heterocycles. The molecule has 3 aromatic rings. The predicted octanol–water partition coefficient (Wildman–Crippen LogP) is 3.97. The van der Waals surface area contributed by atoms with Gasteiger partial charge >= 0.3 is 0 Å². The number of hydrogen-bond donors (Lipinski definition) is 1. The molecule has 0 fully saturated rings. The van der Waals surface area contributed by atoms with E-state index in [-0.39, 0.29) is 12.3 Å². The number of aromatic nitrogens is 2. The monoisotopic (exact) mass is 357 g/mol. The second kappa shape index (κ2) is 7.81. The van der Waals surface area contributed by atoms with E-state index in [0.717, 1.165) is 5.56 Å². The SMILES string of the molecule is COc1ccccc1-c1noc(CCC(=O)Nc2ccc(Cl)cc2)n1. The molecule has 2 aromatic carbocycles. The molecule has 1 N–H and O–H groups in total. The van der Waals surface area contributed by atoms with Gasteiger partial charge in [-0.2, -0.15) is 4.98 Å². The molecule has 1 aromatic heterocycles. The van der Waals surface area contributed by atoms with Crippen LogP contribution in [0.2, 0.25) is 5.02 Å². The smallest absolute Gasteiger partial charge is 0.227 e. The Morgan fingerprint density at radius 3 is 2.72 bits per heavy atom. The minimum absolute atomic E-state index is 0.139. The molecule has 0 spiro atoms. The van der Waals surface area contributed by atoms with E-state index < -0.39 is 0 Å². The lowest BCUT2D eigenvalue weighted by Crippen LogP contribution is -2.12. The van der Waals surface area contributed by atoms with Crippen molar-refractivity contribution >= 4 is 23.2 Å². The van der Waals surface area contributed by atoms with Gasteiger partial charge in [-0.05, 0) is 36.4 Å². The minimum Gasteiger partial charge on any atom is -0.496 e. The van der Waals surface area contributed by atoms with Crippen LogP contribution in [0.1, 0.15) is 12.3 Å². The van der Waals surface area contributed by atoms with Crippen LogP contribution in [0.4, 0.5) is 5.69 Å². The highest BCUT2D eigenvalue weighted by Crippen LogP contribution is 2.27. The zero-order valence-corrected chi connectivity index (χ0v) is 14.3. The number of benzene rings is 2. The zero-order valence-electron chi connectivity index (χ0n) is 13.5. The van der Waals surface area contributed by atoms with Crippen molar-refractivity contribution in [1.82, 2.24) is 10.1 Å². The number of nitrogens with one attached hydrogen (secondary N) is 1. The fourth-order valence-electron chi connectivity index (χ4n) is 2.27. The van der Waals surface area contributed by atoms with E-state index in [4.69, 9.17) is 20.9 Å². The van der Waals surface area contributed by atoms with Crippen molar-refractivity contribution in [3.05, 3.63) is 59.4 Å². The second-order valence-electron chi connectivity index (χ2n) is 5.27. The summed E-state index contributed by atoms with van der Waals surface area (Å²) in [6.45, 7) is 0. The average Bonchev–Trinajstić information content (AvgIpc) is 3.11. The van der Waals surface area contributed by atoms with Crippen LogP contribution < -0.4 is 10.1 Å². The highest BCUT2D eigenvalue weighted by Gasteiger charge is 2.14. The van der Waals surface area contributed by atoms with Crippen molar-refractivity contribution in [1.29, 1.82) is 0 Å². The van der Waals surface area contributed by atoms with Gasteiger partial charge in [0.25, 0.3) is 0 Å². The third-order valence-corrected chi connectivity index (χ3v) is 3.76. The van der Waals surface area contributed by atoms with Crippen LogP contribution in [-0.4, -0.2) is 23.2 Å². The first-order valence-electron chi connectivity index (χ1n) is 7.67. The average molecular weight is 358 g/mol. The fourth-order valence-corrected chi connectivity index (χ4v) is 2.40. The van der Waals surface area contributed by atoms with Gasteiger partial charge in [0.1, 0.15) is 5.75 Å². The van der Waals surface area contributed by atoms with Gasteiger partial charge in [-0.3, -0.25) is 4.79 Å². The number of rotatable bonds is 6. The number of ether oxygens (including phenoxy) is 1. The molecular formula is C18H16ClN3O3. The maximum absolute atomic E-state index is 12.0. The van der Waals surface area contributed by atoms with Gasteiger partial charge in [0.2, 0.25) is 17.6 Å². The Bertz CT molecular complexity index is 862. The molecule has 3 rings (SSSR count). The van der Waals surface area contributed by atoms with E-state index in [1.54, 1.807) is 31.4 Å². The maximum atomic E-state index is 12.0. The predicted molar refractivity (Wildman–Crippen MR) is 94.7 cm³/mol. The number of nitrogens with zero attached hydrogens (tertiary/aromatic N) is 2. The van der Waals surface area contributed by atoms with Crippen LogP contribution in [0.5, 0.6) is 5.75 Å². The summed E-state index contributed by atoms with van der Waals surface area (Å²) < 4.78 is 10.5. The van der Waals surface area contributed by atoms with Crippen molar-refractivity contribution in [3.8, 4) is 17.1 Å². The van der Waals surface area contributed by atoms with Crippen LogP contribution in [0.3, 0.4) is 0 Å². The second-order valence-corrected chi connectivity index (χ2v) is 5.70. The number of aryl methyl sites for hydroxylation is 1. The van der Waals surface area contributed by atoms with Gasteiger partial charge in [-0.25, -0.2) is 0 Å². The molecule has 0 atom stereocenters. The highest BCUT2D eigenvalue weighted by atomic mass is 35.5. The summed E-state index contributed by atoms with van der Waals surface area (Å²) >= 11 is 5.81. The van der Waals surface area contributed by atoms with Gasteiger partial charge in [-0.15, -0.1) is 0 Å². The molecule has 0 unspecified atom stereocenters. The number of carbonyl (C=O) groups is 1. The molecule has 0 aliphatic rings. The van der Waals surface area contributed by atoms with E-state index in [1.807, 2.05) is 24.3 Å². The van der Waals surface area contributed by atoms with Gasteiger partial charge in [0.15, 0.2) is 0 Å². The molecule has 0 saturated heterocycles. The number of para-hydroxylation sites is 1. The molecule has 6 nitrogen and oxygen atoms in total. The summed E-state index contributed by atoms with van der Waals surface area (Å²) in [5.41, 5.74) is 1.43. The summed E-state index contributed by atoms with van der Waals surface area (Å²) in [7, 11) is 1.58. The van der Waals surface area contributed by atoms with E-state index >= 15 is 0 Å². The minimum atomic E-state index is -0.139. The van der Waals surface area contributed by atoms with Gasteiger partial charge in [0, 0.05) is 23.6 Å².